The minimum atomic E-state index is -0.422. The van der Waals surface area contributed by atoms with E-state index in [1.807, 2.05) is 12.1 Å². The zero-order chi connectivity index (χ0) is 24.1. The number of carbonyl (C=O) groups is 1. The van der Waals surface area contributed by atoms with Crippen LogP contribution in [0.25, 0.3) is 5.69 Å². The molecule has 2 heterocycles. The maximum atomic E-state index is 12.6. The Hall–Kier alpha value is -2.75. The Balaban J connectivity index is 1.38. The number of nitrogens with zero attached hydrogens (tertiary/aromatic N) is 4. The van der Waals surface area contributed by atoms with Crippen LogP contribution in [0.4, 0.5) is 10.6 Å². The van der Waals surface area contributed by atoms with E-state index in [0.29, 0.717) is 31.2 Å². The minimum Gasteiger partial charge on any atom is -0.328 e. The number of amides is 2. The van der Waals surface area contributed by atoms with Crippen LogP contribution in [0, 0.1) is 0 Å². The molecule has 2 aromatic rings. The number of likely N-dealkylation sites (N-methyl/N-ethyl adjacent to an activating group) is 1. The highest BCUT2D eigenvalue weighted by Crippen LogP contribution is 2.25. The van der Waals surface area contributed by atoms with Crippen molar-refractivity contribution >= 4 is 11.8 Å². The summed E-state index contributed by atoms with van der Waals surface area (Å²) in [7, 11) is 0. The van der Waals surface area contributed by atoms with Crippen LogP contribution in [-0.4, -0.2) is 76.2 Å². The average Bonchev–Trinajstić information content (AvgIpc) is 3.26. The number of hydrogen-bond acceptors (Lipinski definition) is 6. The number of aromatic nitrogens is 2. The smallest absolute Gasteiger partial charge is 0.328 e. The first-order valence-corrected chi connectivity index (χ1v) is 12.4. The maximum Gasteiger partial charge on any atom is 0.354 e. The van der Waals surface area contributed by atoms with Crippen LogP contribution < -0.4 is 22.1 Å². The van der Waals surface area contributed by atoms with Crippen LogP contribution >= 0.6 is 0 Å². The van der Waals surface area contributed by atoms with E-state index in [1.165, 1.54) is 16.6 Å². The second kappa shape index (κ2) is 11.1. The third-order valence-corrected chi connectivity index (χ3v) is 7.03. The van der Waals surface area contributed by atoms with Crippen molar-refractivity contribution in [2.24, 2.45) is 5.73 Å². The highest BCUT2D eigenvalue weighted by Gasteiger charge is 2.29. The summed E-state index contributed by atoms with van der Waals surface area (Å²) in [6.45, 7) is 8.33. The molecule has 4 rings (SSSR count). The van der Waals surface area contributed by atoms with Crippen molar-refractivity contribution in [3.63, 3.8) is 0 Å². The van der Waals surface area contributed by atoms with E-state index in [2.05, 4.69) is 46.5 Å². The van der Waals surface area contributed by atoms with Gasteiger partial charge in [-0.05, 0) is 62.9 Å². The Morgan fingerprint density at radius 3 is 2.59 bits per heavy atom. The predicted octanol–water partition coefficient (Wildman–Crippen LogP) is 1.80. The Labute approximate surface area is 201 Å². The number of rotatable bonds is 7. The Bertz CT molecular complexity index is 1020. The maximum absolute atomic E-state index is 12.6. The molecule has 1 unspecified atom stereocenters. The van der Waals surface area contributed by atoms with Crippen LogP contribution in [0.3, 0.4) is 0 Å². The van der Waals surface area contributed by atoms with E-state index in [4.69, 9.17) is 5.73 Å². The fourth-order valence-corrected chi connectivity index (χ4v) is 5.20. The number of benzene rings is 1. The number of anilines is 1. The number of carbonyl (C=O) groups excluding carboxylic acids is 1. The summed E-state index contributed by atoms with van der Waals surface area (Å²) in [5.41, 5.74) is 7.70. The molecule has 1 aromatic heterocycles. The van der Waals surface area contributed by atoms with Gasteiger partial charge in [0.15, 0.2) is 0 Å². The predicted molar refractivity (Wildman–Crippen MR) is 134 cm³/mol. The zero-order valence-corrected chi connectivity index (χ0v) is 20.2. The van der Waals surface area contributed by atoms with Crippen molar-refractivity contribution in [2.45, 2.75) is 57.7 Å². The number of nitrogens with two attached hydrogens (primary N) is 1. The number of piperazine rings is 1. The van der Waals surface area contributed by atoms with Crippen LogP contribution in [0.2, 0.25) is 0 Å². The van der Waals surface area contributed by atoms with Crippen LogP contribution in [0.5, 0.6) is 0 Å². The zero-order valence-electron chi connectivity index (χ0n) is 20.2. The molecule has 2 aliphatic rings. The van der Waals surface area contributed by atoms with E-state index in [9.17, 15) is 9.59 Å². The second-order valence-corrected chi connectivity index (χ2v) is 9.41. The molecule has 1 aliphatic heterocycles. The molecule has 1 saturated carbocycles. The van der Waals surface area contributed by atoms with Gasteiger partial charge in [0, 0.05) is 50.5 Å². The van der Waals surface area contributed by atoms with Gasteiger partial charge in [-0.2, -0.15) is 4.98 Å². The van der Waals surface area contributed by atoms with E-state index >= 15 is 0 Å². The van der Waals surface area contributed by atoms with E-state index < -0.39 is 5.69 Å². The summed E-state index contributed by atoms with van der Waals surface area (Å²) in [4.78, 5) is 33.3. The Morgan fingerprint density at radius 2 is 1.97 bits per heavy atom. The third-order valence-electron chi connectivity index (χ3n) is 7.03. The number of nitrogens with one attached hydrogen (secondary N) is 2. The SMILES string of the molecule is CCN(C(C)Cc1ccc(-n2ccc(NC(=O)N3CCNCC3)nc2=O)cc1)[C@H]1CC[C@H](N)C1. The van der Waals surface area contributed by atoms with Gasteiger partial charge in [0.25, 0.3) is 0 Å². The van der Waals surface area contributed by atoms with Crippen molar-refractivity contribution in [1.29, 1.82) is 0 Å². The minimum absolute atomic E-state index is 0.231. The lowest BCUT2D eigenvalue weighted by molar-refractivity contribution is 0.152. The number of urea groups is 1. The van der Waals surface area contributed by atoms with Gasteiger partial charge in [-0.25, -0.2) is 9.59 Å². The van der Waals surface area contributed by atoms with Crippen molar-refractivity contribution in [1.82, 2.24) is 24.7 Å². The first-order chi connectivity index (χ1) is 16.4. The molecule has 9 nitrogen and oxygen atoms in total. The van der Waals surface area contributed by atoms with E-state index in [0.717, 1.165) is 44.6 Å². The largest absolute Gasteiger partial charge is 0.354 e. The highest BCUT2D eigenvalue weighted by atomic mass is 16.2. The molecule has 1 saturated heterocycles. The topological polar surface area (TPSA) is 109 Å². The molecule has 1 aromatic carbocycles. The lowest BCUT2D eigenvalue weighted by Gasteiger charge is -2.33. The van der Waals surface area contributed by atoms with Crippen molar-refractivity contribution in [2.75, 3.05) is 38.0 Å². The fourth-order valence-electron chi connectivity index (χ4n) is 5.20. The highest BCUT2D eigenvalue weighted by molar-refractivity contribution is 5.88. The molecule has 0 radical (unpaired) electrons. The average molecular weight is 468 g/mol. The molecule has 3 atom stereocenters. The summed E-state index contributed by atoms with van der Waals surface area (Å²) >= 11 is 0. The quantitative estimate of drug-likeness (QED) is 0.573. The van der Waals surface area contributed by atoms with Crippen LogP contribution in [0.1, 0.15) is 38.7 Å². The molecule has 184 valence electrons. The Kier molecular flexibility index (Phi) is 7.97. The monoisotopic (exact) mass is 467 g/mol. The lowest BCUT2D eigenvalue weighted by atomic mass is 10.0. The van der Waals surface area contributed by atoms with Gasteiger partial charge in [-0.1, -0.05) is 19.1 Å². The van der Waals surface area contributed by atoms with Gasteiger partial charge in [0.05, 0.1) is 5.69 Å². The first-order valence-electron chi connectivity index (χ1n) is 12.4. The molecule has 0 spiro atoms. The van der Waals surface area contributed by atoms with Gasteiger partial charge in [0.1, 0.15) is 5.82 Å². The molecule has 34 heavy (non-hydrogen) atoms. The van der Waals surface area contributed by atoms with E-state index in [1.54, 1.807) is 17.2 Å². The standard InChI is InChI=1S/C25H37N7O2/c1-3-31(22-9-6-20(26)17-22)18(2)16-19-4-7-21(8-5-19)32-13-10-23(29-25(32)34)28-24(33)30-14-11-27-12-15-30/h4-5,7-8,10,13,18,20,22,27H,3,6,9,11-12,14-17,26H2,1-2H3,(H,28,29,33,34)/t18?,20-,22-/m0/s1. The molecule has 2 amide bonds. The Morgan fingerprint density at radius 1 is 1.24 bits per heavy atom. The summed E-state index contributed by atoms with van der Waals surface area (Å²) in [5.74, 6) is 0.265. The van der Waals surface area contributed by atoms with Gasteiger partial charge in [-0.3, -0.25) is 14.8 Å². The summed E-state index contributed by atoms with van der Waals surface area (Å²) in [6.07, 6.45) is 5.98. The van der Waals surface area contributed by atoms with Gasteiger partial charge in [-0.15, -0.1) is 0 Å². The van der Waals surface area contributed by atoms with Crippen molar-refractivity contribution < 1.29 is 4.79 Å². The van der Waals surface area contributed by atoms with Gasteiger partial charge in [0.2, 0.25) is 0 Å². The molecule has 4 N–H and O–H groups in total. The molecule has 9 heteroatoms. The molecule has 0 bridgehead atoms. The second-order valence-electron chi connectivity index (χ2n) is 9.41. The van der Waals surface area contributed by atoms with Gasteiger partial charge < -0.3 is 16.0 Å². The summed E-state index contributed by atoms with van der Waals surface area (Å²) < 4.78 is 1.49. The molecular weight excluding hydrogens is 430 g/mol. The normalized spacial score (nSPS) is 21.6. The first kappa shape index (κ1) is 24.4. The molecule has 1 aliphatic carbocycles. The fraction of sp³-hybridized carbons (Fsp3) is 0.560. The summed E-state index contributed by atoms with van der Waals surface area (Å²) in [6, 6.07) is 10.8. The third kappa shape index (κ3) is 5.84. The molecular formula is C25H37N7O2. The van der Waals surface area contributed by atoms with Crippen molar-refractivity contribution in [3.8, 4) is 5.69 Å². The van der Waals surface area contributed by atoms with Gasteiger partial charge >= 0.3 is 11.7 Å². The van der Waals surface area contributed by atoms with Crippen molar-refractivity contribution in [3.05, 3.63) is 52.6 Å². The number of hydrogen-bond donors (Lipinski definition) is 3. The van der Waals surface area contributed by atoms with E-state index in [-0.39, 0.29) is 11.8 Å². The lowest BCUT2D eigenvalue weighted by Crippen LogP contribution is -2.48. The van der Waals surface area contributed by atoms with Crippen LogP contribution in [0.15, 0.2) is 41.3 Å². The summed E-state index contributed by atoms with van der Waals surface area (Å²) in [5, 5.41) is 5.93. The molecule has 2 fully saturated rings. The van der Waals surface area contributed by atoms with Crippen LogP contribution in [-0.2, 0) is 6.42 Å².